The van der Waals surface area contributed by atoms with Gasteiger partial charge >= 0.3 is 0 Å². The molecule has 35 heavy (non-hydrogen) atoms. The van der Waals surface area contributed by atoms with Crippen LogP contribution in [0.3, 0.4) is 0 Å². The Labute approximate surface area is 206 Å². The quantitative estimate of drug-likeness (QED) is 0.453. The molecule has 1 aliphatic rings. The molecule has 1 aliphatic heterocycles. The Bertz CT molecular complexity index is 1100. The number of aromatic nitrogens is 3. The van der Waals surface area contributed by atoms with Gasteiger partial charge in [-0.1, -0.05) is 42.5 Å². The van der Waals surface area contributed by atoms with Crippen molar-refractivity contribution in [2.75, 3.05) is 26.3 Å². The van der Waals surface area contributed by atoms with Crippen molar-refractivity contribution in [2.45, 2.75) is 51.9 Å². The van der Waals surface area contributed by atoms with Gasteiger partial charge in [0, 0.05) is 31.0 Å². The average Bonchev–Trinajstić information content (AvgIpc) is 3.29. The number of aliphatic hydroxyl groups excluding tert-OH is 1. The normalized spacial score (nSPS) is 16.2. The van der Waals surface area contributed by atoms with Crippen molar-refractivity contribution in [3.05, 3.63) is 66.0 Å². The number of rotatable bonds is 11. The van der Waals surface area contributed by atoms with E-state index in [1.54, 1.807) is 4.90 Å². The van der Waals surface area contributed by atoms with Gasteiger partial charge in [-0.05, 0) is 38.0 Å². The zero-order valence-electron chi connectivity index (χ0n) is 20.5. The average molecular weight is 479 g/mol. The summed E-state index contributed by atoms with van der Waals surface area (Å²) in [6.07, 6.45) is 1.28. The molecule has 8 heteroatoms. The minimum atomic E-state index is -0.0219. The van der Waals surface area contributed by atoms with E-state index >= 15 is 0 Å². The number of piperidine rings is 1. The number of likely N-dealkylation sites (tertiary alicyclic amines) is 1. The fraction of sp³-hybridized carbons (Fsp3) is 0.444. The number of ether oxygens (including phenoxy) is 2. The molecule has 0 aliphatic carbocycles. The Morgan fingerprint density at radius 2 is 1.94 bits per heavy atom. The molecule has 1 unspecified atom stereocenters. The summed E-state index contributed by atoms with van der Waals surface area (Å²) < 4.78 is 13.6. The first-order chi connectivity index (χ1) is 17.0. The molecule has 2 aromatic carbocycles. The number of hydrogen-bond donors (Lipinski definition) is 1. The van der Waals surface area contributed by atoms with Crippen molar-refractivity contribution < 1.29 is 19.4 Å². The summed E-state index contributed by atoms with van der Waals surface area (Å²) in [6.45, 7) is 6.54. The number of nitrogens with zero attached hydrogens (tertiary/aromatic N) is 4. The summed E-state index contributed by atoms with van der Waals surface area (Å²) in [6, 6.07) is 17.8. The maximum Gasteiger partial charge on any atom is 0.223 e. The minimum Gasteiger partial charge on any atom is -0.489 e. The van der Waals surface area contributed by atoms with Crippen LogP contribution in [0.25, 0.3) is 11.4 Å². The molecule has 1 fully saturated rings. The van der Waals surface area contributed by atoms with E-state index in [-0.39, 0.29) is 24.5 Å². The maximum absolute atomic E-state index is 12.6. The van der Waals surface area contributed by atoms with Gasteiger partial charge in [0.15, 0.2) is 5.82 Å². The van der Waals surface area contributed by atoms with Crippen LogP contribution < -0.4 is 4.74 Å². The first-order valence-corrected chi connectivity index (χ1v) is 12.3. The molecule has 1 N–H and O–H groups in total. The molecule has 0 radical (unpaired) electrons. The van der Waals surface area contributed by atoms with Crippen molar-refractivity contribution in [3.63, 3.8) is 0 Å². The van der Waals surface area contributed by atoms with Crippen LogP contribution in [0.2, 0.25) is 0 Å². The van der Waals surface area contributed by atoms with Crippen LogP contribution in [-0.2, 0) is 22.7 Å². The molecule has 1 aromatic heterocycles. The molecule has 1 atom stereocenters. The van der Waals surface area contributed by atoms with Crippen molar-refractivity contribution in [1.29, 1.82) is 0 Å². The number of benzene rings is 2. The maximum atomic E-state index is 12.6. The molecule has 186 valence electrons. The highest BCUT2D eigenvalue weighted by molar-refractivity contribution is 5.78. The van der Waals surface area contributed by atoms with Gasteiger partial charge in [0.1, 0.15) is 18.2 Å². The third kappa shape index (κ3) is 6.68. The summed E-state index contributed by atoms with van der Waals surface area (Å²) in [5.74, 6) is 2.19. The summed E-state index contributed by atoms with van der Waals surface area (Å²) >= 11 is 0. The summed E-state index contributed by atoms with van der Waals surface area (Å²) in [4.78, 5) is 19.2. The molecule has 1 amide bonds. The molecular formula is C27H34N4O4. The first kappa shape index (κ1) is 24.9. The number of aliphatic hydroxyl groups is 1. The van der Waals surface area contributed by atoms with E-state index in [9.17, 15) is 9.90 Å². The minimum absolute atomic E-state index is 0.0183. The van der Waals surface area contributed by atoms with Crippen molar-refractivity contribution in [2.24, 2.45) is 0 Å². The molecule has 2 heterocycles. The zero-order chi connectivity index (χ0) is 24.6. The van der Waals surface area contributed by atoms with E-state index in [4.69, 9.17) is 19.6 Å². The van der Waals surface area contributed by atoms with Gasteiger partial charge in [-0.2, -0.15) is 5.10 Å². The second kappa shape index (κ2) is 12.0. The summed E-state index contributed by atoms with van der Waals surface area (Å²) in [5, 5.41) is 14.0. The van der Waals surface area contributed by atoms with Crippen LogP contribution in [0.1, 0.15) is 44.0 Å². The SMILES string of the molecule is CC(C)OCCn1nc(-c2cccc(OCc3ccccc3)c2)nc1C1CCN(CCO)C(=O)C1. The second-order valence-corrected chi connectivity index (χ2v) is 9.03. The first-order valence-electron chi connectivity index (χ1n) is 12.3. The monoisotopic (exact) mass is 478 g/mol. The van der Waals surface area contributed by atoms with Crippen molar-refractivity contribution in [3.8, 4) is 17.1 Å². The van der Waals surface area contributed by atoms with Gasteiger partial charge in [0.2, 0.25) is 5.91 Å². The van der Waals surface area contributed by atoms with Gasteiger partial charge in [-0.15, -0.1) is 0 Å². The molecule has 0 bridgehead atoms. The Hall–Kier alpha value is -3.23. The Kier molecular flexibility index (Phi) is 8.50. The van der Waals surface area contributed by atoms with Gasteiger partial charge in [-0.3, -0.25) is 4.79 Å². The van der Waals surface area contributed by atoms with Crippen LogP contribution in [0.4, 0.5) is 0 Å². The lowest BCUT2D eigenvalue weighted by atomic mass is 9.95. The largest absolute Gasteiger partial charge is 0.489 e. The van der Waals surface area contributed by atoms with E-state index in [2.05, 4.69) is 0 Å². The number of amides is 1. The lowest BCUT2D eigenvalue weighted by molar-refractivity contribution is -0.134. The van der Waals surface area contributed by atoms with Crippen LogP contribution in [0.15, 0.2) is 54.6 Å². The lowest BCUT2D eigenvalue weighted by Crippen LogP contribution is -2.40. The third-order valence-corrected chi connectivity index (χ3v) is 6.05. The lowest BCUT2D eigenvalue weighted by Gasteiger charge is -2.30. The standard InChI is InChI=1S/C27H34N4O4/c1-20(2)34-16-14-31-27(23-11-12-30(13-15-32)25(33)18-23)28-26(29-31)22-9-6-10-24(17-22)35-19-21-7-4-3-5-8-21/h3-10,17,20,23,32H,11-16,18-19H2,1-2H3. The fourth-order valence-corrected chi connectivity index (χ4v) is 4.24. The highest BCUT2D eigenvalue weighted by atomic mass is 16.5. The highest BCUT2D eigenvalue weighted by Crippen LogP contribution is 2.30. The summed E-state index contributed by atoms with van der Waals surface area (Å²) in [5.41, 5.74) is 1.97. The van der Waals surface area contributed by atoms with E-state index in [1.807, 2.05) is 73.1 Å². The van der Waals surface area contributed by atoms with E-state index < -0.39 is 0 Å². The second-order valence-electron chi connectivity index (χ2n) is 9.03. The van der Waals surface area contributed by atoms with Gasteiger partial charge in [0.25, 0.3) is 0 Å². The van der Waals surface area contributed by atoms with Crippen molar-refractivity contribution in [1.82, 2.24) is 19.7 Å². The Morgan fingerprint density at radius 3 is 2.69 bits per heavy atom. The van der Waals surface area contributed by atoms with Crippen LogP contribution >= 0.6 is 0 Å². The highest BCUT2D eigenvalue weighted by Gasteiger charge is 2.30. The molecule has 4 rings (SSSR count). The van der Waals surface area contributed by atoms with E-state index in [0.717, 1.165) is 29.1 Å². The number of carbonyl (C=O) groups excluding carboxylic acids is 1. The van der Waals surface area contributed by atoms with Crippen LogP contribution in [0.5, 0.6) is 5.75 Å². The summed E-state index contributed by atoms with van der Waals surface area (Å²) in [7, 11) is 0. The number of hydrogen-bond acceptors (Lipinski definition) is 6. The smallest absolute Gasteiger partial charge is 0.223 e. The Morgan fingerprint density at radius 1 is 1.11 bits per heavy atom. The van der Waals surface area contributed by atoms with Gasteiger partial charge < -0.3 is 19.5 Å². The van der Waals surface area contributed by atoms with E-state index in [0.29, 0.717) is 45.1 Å². The molecule has 8 nitrogen and oxygen atoms in total. The molecular weight excluding hydrogens is 444 g/mol. The van der Waals surface area contributed by atoms with Crippen LogP contribution in [0, 0.1) is 0 Å². The molecule has 3 aromatic rings. The van der Waals surface area contributed by atoms with Gasteiger partial charge in [-0.25, -0.2) is 9.67 Å². The van der Waals surface area contributed by atoms with Crippen LogP contribution in [-0.4, -0.2) is 63.1 Å². The zero-order valence-corrected chi connectivity index (χ0v) is 20.5. The molecule has 1 saturated heterocycles. The topological polar surface area (TPSA) is 89.7 Å². The Balaban J connectivity index is 1.53. The fourth-order valence-electron chi connectivity index (χ4n) is 4.24. The van der Waals surface area contributed by atoms with E-state index in [1.165, 1.54) is 0 Å². The number of β-amino-alcohol motifs (C(OH)–C–C–N with tert-alkyl or cyclic N) is 1. The predicted octanol–water partition coefficient (Wildman–Crippen LogP) is 3.65. The molecule has 0 saturated carbocycles. The predicted molar refractivity (Wildman–Crippen MR) is 133 cm³/mol. The third-order valence-electron chi connectivity index (χ3n) is 6.05. The molecule has 0 spiro atoms. The number of carbonyl (C=O) groups is 1. The van der Waals surface area contributed by atoms with Crippen molar-refractivity contribution >= 4 is 5.91 Å². The van der Waals surface area contributed by atoms with Gasteiger partial charge in [0.05, 0.1) is 25.9 Å².